The summed E-state index contributed by atoms with van der Waals surface area (Å²) in [6, 6.07) is 17.0. The average Bonchev–Trinajstić information content (AvgIpc) is 2.72. The minimum Gasteiger partial charge on any atom is -0.508 e. The molecule has 156 valence electrons. The van der Waals surface area contributed by atoms with Crippen molar-refractivity contribution in [3.63, 3.8) is 0 Å². The molecule has 0 fully saturated rings. The fraction of sp³-hybridized carbons (Fsp3) is 0.174. The summed E-state index contributed by atoms with van der Waals surface area (Å²) in [5.41, 5.74) is 4.87. The zero-order valence-electron chi connectivity index (χ0n) is 16.1. The first-order chi connectivity index (χ1) is 14.4. The molecular formula is C23H19Cl2IO4. The third kappa shape index (κ3) is 6.03. The lowest BCUT2D eigenvalue weighted by Gasteiger charge is -2.12. The van der Waals surface area contributed by atoms with Crippen molar-refractivity contribution in [2.75, 3.05) is 6.61 Å². The molecule has 3 rings (SSSR count). The number of benzene rings is 3. The average molecular weight is 557 g/mol. The third-order valence-electron chi connectivity index (χ3n) is 4.60. The van der Waals surface area contributed by atoms with Crippen molar-refractivity contribution in [1.29, 1.82) is 0 Å². The Hall–Kier alpha value is -1.96. The van der Waals surface area contributed by atoms with Crippen LogP contribution in [-0.4, -0.2) is 17.7 Å². The number of aromatic hydroxyl groups is 1. The van der Waals surface area contributed by atoms with E-state index in [-0.39, 0.29) is 12.4 Å². The molecule has 0 aliphatic rings. The molecule has 0 heterocycles. The van der Waals surface area contributed by atoms with Gasteiger partial charge in [0.1, 0.15) is 11.5 Å². The van der Waals surface area contributed by atoms with Crippen LogP contribution in [0.5, 0.6) is 11.5 Å². The monoisotopic (exact) mass is 556 g/mol. The molecule has 1 N–H and O–H groups in total. The summed E-state index contributed by atoms with van der Waals surface area (Å²) in [4.78, 5) is 11.2. The Morgan fingerprint density at radius 1 is 0.967 bits per heavy atom. The highest BCUT2D eigenvalue weighted by Gasteiger charge is 2.13. The third-order valence-corrected chi connectivity index (χ3v) is 5.76. The predicted octanol–water partition coefficient (Wildman–Crippen LogP) is 6.46. The number of rotatable bonds is 7. The summed E-state index contributed by atoms with van der Waals surface area (Å²) < 4.78 is 9.88. The molecule has 0 saturated carbocycles. The summed E-state index contributed by atoms with van der Waals surface area (Å²) in [5, 5.41) is 11.2. The van der Waals surface area contributed by atoms with E-state index >= 15 is 0 Å². The Morgan fingerprint density at radius 3 is 2.23 bits per heavy atom. The van der Waals surface area contributed by atoms with Crippen LogP contribution in [-0.2, 0) is 20.7 Å². The normalized spacial score (nSPS) is 10.7. The van der Waals surface area contributed by atoms with Gasteiger partial charge in [-0.3, -0.25) is 0 Å². The van der Waals surface area contributed by atoms with Crippen molar-refractivity contribution in [3.05, 3.63) is 92.5 Å². The first kappa shape index (κ1) is 22.7. The second-order valence-corrected chi connectivity index (χ2v) is 8.16. The van der Waals surface area contributed by atoms with E-state index in [2.05, 4.69) is 27.3 Å². The zero-order valence-corrected chi connectivity index (χ0v) is 19.8. The molecule has 0 bridgehead atoms. The molecule has 0 radical (unpaired) electrons. The highest BCUT2D eigenvalue weighted by Crippen LogP contribution is 2.33. The summed E-state index contributed by atoms with van der Waals surface area (Å²) in [5.74, 6) is 0.140. The number of hydrogen-bond donors (Lipinski definition) is 1. The Kier molecular flexibility index (Phi) is 7.86. The summed E-state index contributed by atoms with van der Waals surface area (Å²) in [7, 11) is 0. The van der Waals surface area contributed by atoms with Crippen LogP contribution in [0.4, 0.5) is 0 Å². The standard InChI is InChI=1S/C23H19Cl2IO4/c1-14-2-4-15(5-3-14)8-17-9-16(6-7-22(17)27)10-19-20(24)11-18(12-21(19)25)29-13-23(28)30-26/h2-7,9,11-12,27H,8,10,13H2,1H3. The summed E-state index contributed by atoms with van der Waals surface area (Å²) >= 11 is 14.3. The molecule has 0 amide bonds. The second-order valence-electron chi connectivity index (χ2n) is 6.91. The Balaban J connectivity index is 1.78. The predicted molar refractivity (Wildman–Crippen MR) is 127 cm³/mol. The van der Waals surface area contributed by atoms with Crippen LogP contribution in [0, 0.1) is 6.92 Å². The van der Waals surface area contributed by atoms with Crippen molar-refractivity contribution >= 4 is 52.2 Å². The number of halogens is 3. The SMILES string of the molecule is Cc1ccc(Cc2cc(Cc3c(Cl)cc(OCC(=O)OI)cc3Cl)ccc2O)cc1. The molecule has 0 aliphatic carbocycles. The Bertz CT molecular complexity index is 1030. The van der Waals surface area contributed by atoms with Gasteiger partial charge in [-0.1, -0.05) is 65.2 Å². The molecule has 0 atom stereocenters. The summed E-state index contributed by atoms with van der Waals surface area (Å²) in [6.45, 7) is 1.82. The number of phenols is 1. The zero-order chi connectivity index (χ0) is 21.7. The lowest BCUT2D eigenvalue weighted by atomic mass is 9.98. The second kappa shape index (κ2) is 10.4. The van der Waals surface area contributed by atoms with Gasteiger partial charge in [0, 0.05) is 22.9 Å². The van der Waals surface area contributed by atoms with Crippen LogP contribution < -0.4 is 4.74 Å². The highest BCUT2D eigenvalue weighted by molar-refractivity contribution is 14.1. The van der Waals surface area contributed by atoms with Gasteiger partial charge in [-0.05, 0) is 47.4 Å². The van der Waals surface area contributed by atoms with Gasteiger partial charge in [0.2, 0.25) is 0 Å². The van der Waals surface area contributed by atoms with Crippen LogP contribution in [0.1, 0.15) is 27.8 Å². The van der Waals surface area contributed by atoms with E-state index in [1.165, 1.54) is 28.6 Å². The van der Waals surface area contributed by atoms with E-state index in [4.69, 9.17) is 27.9 Å². The van der Waals surface area contributed by atoms with Gasteiger partial charge in [-0.15, -0.1) is 0 Å². The fourth-order valence-corrected chi connectivity index (χ4v) is 3.74. The van der Waals surface area contributed by atoms with Crippen LogP contribution in [0.15, 0.2) is 54.6 Å². The number of hydrogen-bond acceptors (Lipinski definition) is 4. The smallest absolute Gasteiger partial charge is 0.353 e. The Morgan fingerprint density at radius 2 is 1.60 bits per heavy atom. The largest absolute Gasteiger partial charge is 0.508 e. The lowest BCUT2D eigenvalue weighted by Crippen LogP contribution is -2.10. The van der Waals surface area contributed by atoms with Gasteiger partial charge < -0.3 is 12.9 Å². The van der Waals surface area contributed by atoms with Gasteiger partial charge in [-0.25, -0.2) is 4.79 Å². The van der Waals surface area contributed by atoms with Crippen molar-refractivity contribution in [2.24, 2.45) is 0 Å². The van der Waals surface area contributed by atoms with Gasteiger partial charge in [0.15, 0.2) is 29.6 Å². The summed E-state index contributed by atoms with van der Waals surface area (Å²) in [6.07, 6.45) is 1.12. The minimum atomic E-state index is -0.503. The van der Waals surface area contributed by atoms with Crippen LogP contribution in [0.25, 0.3) is 0 Å². The Labute approximate surface area is 199 Å². The van der Waals surface area contributed by atoms with Crippen LogP contribution >= 0.6 is 46.2 Å². The van der Waals surface area contributed by atoms with E-state index < -0.39 is 5.97 Å². The first-order valence-corrected chi connectivity index (χ1v) is 10.8. The number of carbonyl (C=O) groups is 1. The number of carbonyl (C=O) groups excluding carboxylic acids is 1. The quantitative estimate of drug-likeness (QED) is 0.339. The molecule has 0 unspecified atom stereocenters. The van der Waals surface area contributed by atoms with E-state index in [1.807, 2.05) is 19.1 Å². The van der Waals surface area contributed by atoms with Crippen molar-refractivity contribution in [2.45, 2.75) is 19.8 Å². The molecular weight excluding hydrogens is 538 g/mol. The van der Waals surface area contributed by atoms with Crippen molar-refractivity contribution in [3.8, 4) is 11.5 Å². The molecule has 0 spiro atoms. The molecule has 0 saturated heterocycles. The van der Waals surface area contributed by atoms with Crippen LogP contribution in [0.3, 0.4) is 0 Å². The minimum absolute atomic E-state index is 0.227. The highest BCUT2D eigenvalue weighted by atomic mass is 127. The van der Waals surface area contributed by atoms with Crippen molar-refractivity contribution < 1.29 is 17.7 Å². The maximum absolute atomic E-state index is 11.2. The van der Waals surface area contributed by atoms with E-state index in [0.29, 0.717) is 28.6 Å². The lowest BCUT2D eigenvalue weighted by molar-refractivity contribution is -0.133. The topological polar surface area (TPSA) is 55.8 Å². The molecule has 0 aromatic heterocycles. The van der Waals surface area contributed by atoms with Gasteiger partial charge in [0.05, 0.1) is 0 Å². The van der Waals surface area contributed by atoms with E-state index in [9.17, 15) is 9.90 Å². The molecule has 3 aromatic rings. The number of phenolic OH excluding ortho intramolecular Hbond substituents is 1. The van der Waals surface area contributed by atoms with Gasteiger partial charge in [0.25, 0.3) is 0 Å². The van der Waals surface area contributed by atoms with Gasteiger partial charge >= 0.3 is 5.97 Å². The maximum atomic E-state index is 11.2. The molecule has 4 nitrogen and oxygen atoms in total. The van der Waals surface area contributed by atoms with Crippen LogP contribution in [0.2, 0.25) is 10.0 Å². The van der Waals surface area contributed by atoms with Crippen molar-refractivity contribution in [1.82, 2.24) is 0 Å². The number of ether oxygens (including phenoxy) is 1. The van der Waals surface area contributed by atoms with E-state index in [1.54, 1.807) is 18.2 Å². The molecule has 30 heavy (non-hydrogen) atoms. The molecule has 7 heteroatoms. The fourth-order valence-electron chi connectivity index (χ4n) is 3.02. The van der Waals surface area contributed by atoms with E-state index in [0.717, 1.165) is 22.3 Å². The number of aryl methyl sites for hydroxylation is 1. The molecule has 3 aromatic carbocycles. The van der Waals surface area contributed by atoms with Gasteiger partial charge in [-0.2, -0.15) is 0 Å². The first-order valence-electron chi connectivity index (χ1n) is 9.14. The maximum Gasteiger partial charge on any atom is 0.353 e. The molecule has 0 aliphatic heterocycles.